The van der Waals surface area contributed by atoms with E-state index in [1.54, 1.807) is 6.26 Å². The molecule has 0 aliphatic rings. The van der Waals surface area contributed by atoms with E-state index in [4.69, 9.17) is 0 Å². The molecule has 92 valence electrons. The molecule has 1 aromatic rings. The minimum atomic E-state index is -0.672. The molecule has 1 unspecified atom stereocenters. The van der Waals surface area contributed by atoms with Crippen LogP contribution in [0.3, 0.4) is 0 Å². The molecule has 1 heterocycles. The van der Waals surface area contributed by atoms with Gasteiger partial charge in [0.15, 0.2) is 0 Å². The van der Waals surface area contributed by atoms with Crippen molar-refractivity contribution in [3.05, 3.63) is 18.0 Å². The summed E-state index contributed by atoms with van der Waals surface area (Å²) in [5, 5.41) is 7.59. The van der Waals surface area contributed by atoms with Gasteiger partial charge in [-0.1, -0.05) is 0 Å². The van der Waals surface area contributed by atoms with E-state index >= 15 is 0 Å². The first-order chi connectivity index (χ1) is 7.59. The Hall–Kier alpha value is -0.680. The van der Waals surface area contributed by atoms with Gasteiger partial charge in [0, 0.05) is 47.2 Å². The molecule has 1 atom stereocenters. The lowest BCUT2D eigenvalue weighted by Gasteiger charge is -2.04. The van der Waals surface area contributed by atoms with Crippen LogP contribution < -0.4 is 5.32 Å². The summed E-state index contributed by atoms with van der Waals surface area (Å²) in [6.07, 6.45) is 6.66. The Balaban J connectivity index is 2.19. The van der Waals surface area contributed by atoms with Gasteiger partial charge in [0.05, 0.1) is 6.20 Å². The third kappa shape index (κ3) is 4.90. The molecule has 0 bridgehead atoms. The second-order valence-electron chi connectivity index (χ2n) is 4.23. The van der Waals surface area contributed by atoms with Gasteiger partial charge in [-0.3, -0.25) is 8.89 Å². The number of hydrogen-bond donors (Lipinski definition) is 1. The van der Waals surface area contributed by atoms with Crippen LogP contribution in [-0.2, 0) is 17.3 Å². The monoisotopic (exact) mass is 243 g/mol. The second-order valence-corrected chi connectivity index (χ2v) is 5.78. The van der Waals surface area contributed by atoms with Crippen LogP contribution in [0.2, 0.25) is 0 Å². The predicted octanol–water partition coefficient (Wildman–Crippen LogP) is 1.32. The third-order valence-corrected chi connectivity index (χ3v) is 3.16. The van der Waals surface area contributed by atoms with Crippen LogP contribution >= 0.6 is 0 Å². The Morgan fingerprint density at radius 1 is 1.56 bits per heavy atom. The highest BCUT2D eigenvalue weighted by molar-refractivity contribution is 7.84. The molecule has 1 rings (SSSR count). The summed E-state index contributed by atoms with van der Waals surface area (Å²) in [6.45, 7) is 5.97. The largest absolute Gasteiger partial charge is 0.313 e. The molecule has 1 aromatic heterocycles. The van der Waals surface area contributed by atoms with Crippen molar-refractivity contribution in [3.8, 4) is 0 Å². The van der Waals surface area contributed by atoms with E-state index in [2.05, 4.69) is 30.5 Å². The van der Waals surface area contributed by atoms with Gasteiger partial charge < -0.3 is 5.32 Å². The van der Waals surface area contributed by atoms with Crippen molar-refractivity contribution in [1.29, 1.82) is 0 Å². The Labute approximate surface area is 99.9 Å². The van der Waals surface area contributed by atoms with E-state index in [1.165, 1.54) is 5.56 Å². The van der Waals surface area contributed by atoms with Crippen molar-refractivity contribution in [2.75, 3.05) is 18.6 Å². The molecular weight excluding hydrogens is 222 g/mol. The number of aromatic nitrogens is 2. The maximum Gasteiger partial charge on any atom is 0.0534 e. The highest BCUT2D eigenvalue weighted by atomic mass is 32.2. The van der Waals surface area contributed by atoms with Crippen molar-refractivity contribution in [1.82, 2.24) is 15.1 Å². The second kappa shape index (κ2) is 6.81. The van der Waals surface area contributed by atoms with E-state index in [-0.39, 0.29) is 0 Å². The van der Waals surface area contributed by atoms with Crippen LogP contribution in [0.15, 0.2) is 12.4 Å². The van der Waals surface area contributed by atoms with Gasteiger partial charge in [0.25, 0.3) is 0 Å². The molecule has 0 radical (unpaired) electrons. The first-order valence-corrected chi connectivity index (χ1v) is 7.36. The zero-order valence-corrected chi connectivity index (χ0v) is 11.1. The molecule has 0 aromatic carbocycles. The molecule has 1 N–H and O–H groups in total. The van der Waals surface area contributed by atoms with E-state index in [1.807, 2.05) is 10.9 Å². The van der Waals surface area contributed by atoms with Crippen molar-refractivity contribution < 1.29 is 4.21 Å². The summed E-state index contributed by atoms with van der Waals surface area (Å²) in [5.74, 6) is 0.776. The quantitative estimate of drug-likeness (QED) is 0.735. The molecule has 0 fully saturated rings. The number of nitrogens with one attached hydrogen (secondary N) is 1. The zero-order chi connectivity index (χ0) is 12.0. The standard InChI is InChI=1S/C11H21N3OS/c1-10(2)14-9-11(8-13-14)7-12-5-4-6-16(3)15/h8-10,12H,4-7H2,1-3H3. The van der Waals surface area contributed by atoms with Crippen LogP contribution in [0.1, 0.15) is 31.9 Å². The van der Waals surface area contributed by atoms with Crippen molar-refractivity contribution in [2.24, 2.45) is 0 Å². The highest BCUT2D eigenvalue weighted by Gasteiger charge is 2.00. The summed E-state index contributed by atoms with van der Waals surface area (Å²) in [6, 6.07) is 0.413. The van der Waals surface area contributed by atoms with Crippen molar-refractivity contribution in [2.45, 2.75) is 32.9 Å². The molecule has 0 saturated carbocycles. The summed E-state index contributed by atoms with van der Waals surface area (Å²) in [7, 11) is -0.672. The van der Waals surface area contributed by atoms with Gasteiger partial charge >= 0.3 is 0 Å². The lowest BCUT2D eigenvalue weighted by Crippen LogP contribution is -2.16. The lowest BCUT2D eigenvalue weighted by molar-refractivity contribution is 0.531. The molecule has 0 aliphatic carbocycles. The Morgan fingerprint density at radius 2 is 2.31 bits per heavy atom. The van der Waals surface area contributed by atoms with E-state index in [9.17, 15) is 4.21 Å². The minimum Gasteiger partial charge on any atom is -0.313 e. The molecule has 0 saturated heterocycles. The smallest absolute Gasteiger partial charge is 0.0534 e. The van der Waals surface area contributed by atoms with Gasteiger partial charge in [-0.05, 0) is 26.8 Å². The molecule has 0 spiro atoms. The Morgan fingerprint density at radius 3 is 2.88 bits per heavy atom. The fraction of sp³-hybridized carbons (Fsp3) is 0.727. The minimum absolute atomic E-state index is 0.413. The molecule has 4 nitrogen and oxygen atoms in total. The van der Waals surface area contributed by atoms with Gasteiger partial charge in [-0.2, -0.15) is 5.10 Å². The molecule has 0 aliphatic heterocycles. The van der Waals surface area contributed by atoms with Gasteiger partial charge in [-0.25, -0.2) is 0 Å². The van der Waals surface area contributed by atoms with E-state index in [0.717, 1.165) is 25.3 Å². The maximum atomic E-state index is 10.8. The van der Waals surface area contributed by atoms with Crippen molar-refractivity contribution >= 4 is 10.8 Å². The topological polar surface area (TPSA) is 46.9 Å². The van der Waals surface area contributed by atoms with Gasteiger partial charge in [0.1, 0.15) is 0 Å². The molecule has 16 heavy (non-hydrogen) atoms. The summed E-state index contributed by atoms with van der Waals surface area (Å²) in [4.78, 5) is 0. The fourth-order valence-corrected chi connectivity index (χ4v) is 1.94. The molecular formula is C11H21N3OS. The molecule has 5 heteroatoms. The predicted molar refractivity (Wildman–Crippen MR) is 67.9 cm³/mol. The third-order valence-electron chi connectivity index (χ3n) is 2.30. The highest BCUT2D eigenvalue weighted by Crippen LogP contribution is 2.04. The van der Waals surface area contributed by atoms with Crippen LogP contribution in [0.25, 0.3) is 0 Å². The first kappa shape index (κ1) is 13.4. The average Bonchev–Trinajstić information content (AvgIpc) is 2.65. The van der Waals surface area contributed by atoms with Crippen molar-refractivity contribution in [3.63, 3.8) is 0 Å². The van der Waals surface area contributed by atoms with E-state index in [0.29, 0.717) is 6.04 Å². The summed E-state index contributed by atoms with van der Waals surface area (Å²) < 4.78 is 12.8. The van der Waals surface area contributed by atoms with Gasteiger partial charge in [-0.15, -0.1) is 0 Å². The first-order valence-electron chi connectivity index (χ1n) is 5.63. The SMILES string of the molecule is CC(C)n1cc(CNCCCS(C)=O)cn1. The normalized spacial score (nSPS) is 13.2. The van der Waals surface area contributed by atoms with E-state index < -0.39 is 10.8 Å². The van der Waals surface area contributed by atoms with Crippen LogP contribution in [0.5, 0.6) is 0 Å². The summed E-state index contributed by atoms with van der Waals surface area (Å²) in [5.41, 5.74) is 1.20. The Kier molecular flexibility index (Phi) is 5.69. The number of nitrogens with zero attached hydrogens (tertiary/aromatic N) is 2. The molecule has 0 amide bonds. The Bertz CT molecular complexity index is 336. The fourth-order valence-electron chi connectivity index (χ4n) is 1.38. The number of rotatable bonds is 7. The van der Waals surface area contributed by atoms with Crippen LogP contribution in [0, 0.1) is 0 Å². The lowest BCUT2D eigenvalue weighted by atomic mass is 10.3. The zero-order valence-electron chi connectivity index (χ0n) is 10.3. The maximum absolute atomic E-state index is 10.8. The summed E-state index contributed by atoms with van der Waals surface area (Å²) >= 11 is 0. The number of hydrogen-bond acceptors (Lipinski definition) is 3. The van der Waals surface area contributed by atoms with Crippen LogP contribution in [0.4, 0.5) is 0 Å². The average molecular weight is 243 g/mol. The van der Waals surface area contributed by atoms with Crippen LogP contribution in [-0.4, -0.2) is 32.5 Å². The van der Waals surface area contributed by atoms with Gasteiger partial charge in [0.2, 0.25) is 0 Å².